The molecule has 9 aromatic rings. The molecule has 6 amide bonds. The van der Waals surface area contributed by atoms with Crippen LogP contribution in [0.4, 0.5) is 14.6 Å². The molecule has 498 valence electrons. The number of esters is 4. The third-order valence-corrected chi connectivity index (χ3v) is 20.7. The molecule has 0 bridgehead atoms. The van der Waals surface area contributed by atoms with Gasteiger partial charge in [0.1, 0.15) is 79.4 Å². The zero-order valence-corrected chi connectivity index (χ0v) is 55.6. The Kier molecular flexibility index (Phi) is 18.6. The van der Waals surface area contributed by atoms with Gasteiger partial charge in [-0.05, 0) is 64.9 Å². The summed E-state index contributed by atoms with van der Waals surface area (Å²) in [5, 5.41) is 21.0. The van der Waals surface area contributed by atoms with Crippen LogP contribution in [-0.4, -0.2) is 80.9 Å². The molecular weight excluding hydrogens is 1350 g/mol. The van der Waals surface area contributed by atoms with Crippen molar-refractivity contribution >= 4 is 135 Å². The lowest BCUT2D eigenvalue weighted by molar-refractivity contribution is -0.167. The van der Waals surface area contributed by atoms with E-state index in [-0.39, 0.29) is 42.1 Å². The summed E-state index contributed by atoms with van der Waals surface area (Å²) in [4.78, 5) is 161. The second-order valence-electron chi connectivity index (χ2n) is 23.0. The minimum Gasteiger partial charge on any atom is -0.459 e. The Bertz CT molecular complexity index is 5160. The van der Waals surface area contributed by atoms with Crippen molar-refractivity contribution in [3.63, 3.8) is 0 Å². The maximum absolute atomic E-state index is 16.4. The number of benzene rings is 6. The molecule has 2 aliphatic carbocycles. The average Bonchev–Trinajstić information content (AvgIpc) is 1.49. The number of nitriles is 2. The minimum absolute atomic E-state index is 0.0526. The molecule has 3 aromatic heterocycles. The second-order valence-corrected chi connectivity index (χ2v) is 26.1. The maximum atomic E-state index is 16.4. The monoisotopic (exact) mass is 1400 g/mol. The normalized spacial score (nSPS) is 16.1. The number of thiophene rings is 3. The van der Waals surface area contributed by atoms with E-state index in [1.165, 1.54) is 13.8 Å². The van der Waals surface area contributed by atoms with Gasteiger partial charge in [0, 0.05) is 31.9 Å². The van der Waals surface area contributed by atoms with Gasteiger partial charge < -0.3 is 28.4 Å². The summed E-state index contributed by atoms with van der Waals surface area (Å²) < 4.78 is 37.3. The number of ether oxygens (including phenoxy) is 6. The van der Waals surface area contributed by atoms with Crippen molar-refractivity contribution in [3.8, 4) is 12.1 Å². The summed E-state index contributed by atoms with van der Waals surface area (Å²) in [7, 11) is 0. The molecule has 13 rings (SSSR count). The average molecular weight is 1400 g/mol. The molecule has 0 atom stereocenters. The predicted octanol–water partition coefficient (Wildman–Crippen LogP) is 12.6. The molecule has 0 unspecified atom stereocenters. The lowest BCUT2D eigenvalue weighted by atomic mass is 9.77. The molecular formula is C76H50N6O16S3. The van der Waals surface area contributed by atoms with E-state index < -0.39 is 149 Å². The van der Waals surface area contributed by atoms with Crippen LogP contribution in [0.3, 0.4) is 0 Å². The van der Waals surface area contributed by atoms with Crippen molar-refractivity contribution in [2.24, 2.45) is 15.4 Å². The van der Waals surface area contributed by atoms with Gasteiger partial charge in [0.15, 0.2) is 0 Å². The first-order chi connectivity index (χ1) is 49.0. The Morgan fingerprint density at radius 2 is 0.772 bits per heavy atom. The summed E-state index contributed by atoms with van der Waals surface area (Å²) >= 11 is 2.90. The van der Waals surface area contributed by atoms with Crippen molar-refractivity contribution in [2.45, 2.75) is 58.9 Å². The highest BCUT2D eigenvalue weighted by Crippen LogP contribution is 2.67. The van der Waals surface area contributed by atoms with Crippen molar-refractivity contribution in [3.05, 3.63) is 272 Å². The highest BCUT2D eigenvalue weighted by atomic mass is 32.1. The molecule has 25 heteroatoms. The van der Waals surface area contributed by atoms with Crippen LogP contribution in [-0.2, 0) is 112 Å². The quantitative estimate of drug-likeness (QED) is 0.0333. The van der Waals surface area contributed by atoms with Gasteiger partial charge >= 0.3 is 36.1 Å². The summed E-state index contributed by atoms with van der Waals surface area (Å²) in [5.41, 5.74) is -8.18. The highest BCUT2D eigenvalue weighted by Gasteiger charge is 2.71. The summed E-state index contributed by atoms with van der Waals surface area (Å²) in [6.07, 6.45) is -1.81. The first-order valence-electron chi connectivity index (χ1n) is 30.9. The molecule has 101 heavy (non-hydrogen) atoms. The number of allylic oxidation sites excluding steroid dienone is 1. The lowest BCUT2D eigenvalue weighted by Crippen LogP contribution is -2.50. The highest BCUT2D eigenvalue weighted by molar-refractivity contribution is 7.40. The van der Waals surface area contributed by atoms with Crippen LogP contribution < -0.4 is 0 Å². The SMILES string of the molecule is CC1=C(C#N)C(=O)N(C(=O)OCc2ccccc2)C(=O)C1=NC1=CC2=C(c3sc4c(sc5cc(N=C6C(=O)N(C(=O)OCc7ccccc7)C(=O)C(C#N)=C6C)sc54)c3C2(C(=O)OCc2ccccc2)C(=O)OCc2ccccc2)C1(C(=O)OCc1ccccc1)C(=O)OCc1ccccc1. The summed E-state index contributed by atoms with van der Waals surface area (Å²) in [5.74, 6) is -10.7. The Morgan fingerprint density at radius 1 is 0.426 bits per heavy atom. The first-order valence-corrected chi connectivity index (χ1v) is 33.3. The maximum Gasteiger partial charge on any atom is 0.424 e. The lowest BCUT2D eigenvalue weighted by Gasteiger charge is -2.30. The van der Waals surface area contributed by atoms with Crippen LogP contribution in [0.2, 0.25) is 0 Å². The van der Waals surface area contributed by atoms with E-state index in [4.69, 9.17) is 33.4 Å². The molecule has 0 saturated carbocycles. The standard InChI is InChI=1S/C76H50N6O16S3/c1-43-51(35-77)65(83)81(73(91)97-41-49-29-17-7-18-30-49)67(85)59(43)79-55-33-53-57(76(55,71(89)95-39-47-25-13-5-14-26-47)72(90)96-40-48-27-15-6-16-28-48)62-58(75(53,69(87)93-37-45-21-9-3-10-22-45)70(88)94-38-46-23-11-4-12-24-46)63-64(101-62)61-54(99-63)34-56(100-61)80-60-44(2)52(36-78)66(84)82(68(60)86)74(92)98-42-50-31-19-8-20-32-50/h3-34H,37-42H2,1-2H3. The number of amides is 6. The van der Waals surface area contributed by atoms with Crippen LogP contribution in [0.1, 0.15) is 57.7 Å². The van der Waals surface area contributed by atoms with Crippen LogP contribution >= 0.6 is 34.0 Å². The Labute approximate surface area is 585 Å². The van der Waals surface area contributed by atoms with E-state index in [9.17, 15) is 34.5 Å². The molecule has 0 spiro atoms. The van der Waals surface area contributed by atoms with Gasteiger partial charge in [0.05, 0.1) is 19.8 Å². The zero-order valence-electron chi connectivity index (χ0n) is 53.2. The van der Waals surface area contributed by atoms with E-state index in [1.54, 1.807) is 200 Å². The Balaban J connectivity index is 1.05. The fraction of sp³-hybridized carbons (Fsp3) is 0.132. The van der Waals surface area contributed by atoms with E-state index in [2.05, 4.69) is 4.99 Å². The van der Waals surface area contributed by atoms with Crippen LogP contribution in [0.5, 0.6) is 0 Å². The third kappa shape index (κ3) is 12.1. The van der Waals surface area contributed by atoms with Gasteiger partial charge in [0.25, 0.3) is 23.6 Å². The number of hydrogen-bond donors (Lipinski definition) is 0. The van der Waals surface area contributed by atoms with Gasteiger partial charge in [-0.2, -0.15) is 20.3 Å². The van der Waals surface area contributed by atoms with Gasteiger partial charge in [-0.25, -0.2) is 19.6 Å². The number of nitrogens with zero attached hydrogens (tertiary/aromatic N) is 6. The number of fused-ring (bicyclic) bond motifs is 6. The summed E-state index contributed by atoms with van der Waals surface area (Å²) in [6, 6.07) is 55.4. The van der Waals surface area contributed by atoms with Crippen LogP contribution in [0.25, 0.3) is 24.4 Å². The first kappa shape index (κ1) is 66.9. The van der Waals surface area contributed by atoms with Gasteiger partial charge in [0.2, 0.25) is 10.8 Å². The van der Waals surface area contributed by atoms with Crippen molar-refractivity contribution < 1.29 is 76.4 Å². The van der Waals surface area contributed by atoms with Crippen molar-refractivity contribution in [1.82, 2.24) is 9.80 Å². The smallest absolute Gasteiger partial charge is 0.424 e. The topological polar surface area (TPSA) is 305 Å². The number of aliphatic imine (C=N–C) groups is 2. The number of carbonyl (C=O) groups excluding carboxylic acids is 10. The molecule has 2 aliphatic heterocycles. The molecule has 0 saturated heterocycles. The van der Waals surface area contributed by atoms with Gasteiger partial charge in [-0.3, -0.25) is 38.4 Å². The van der Waals surface area contributed by atoms with Crippen LogP contribution in [0, 0.1) is 28.1 Å². The van der Waals surface area contributed by atoms with E-state index in [0.717, 1.165) is 40.1 Å². The van der Waals surface area contributed by atoms with Gasteiger partial charge in [-0.15, -0.1) is 34.0 Å². The fourth-order valence-corrected chi connectivity index (χ4v) is 16.3. The molecule has 5 heterocycles. The fourth-order valence-electron chi connectivity index (χ4n) is 11.9. The number of imide groups is 6. The second kappa shape index (κ2) is 28.0. The van der Waals surface area contributed by atoms with E-state index in [1.807, 2.05) is 0 Å². The van der Waals surface area contributed by atoms with Gasteiger partial charge in [-0.1, -0.05) is 182 Å². The molecule has 6 aromatic carbocycles. The molecule has 0 radical (unpaired) electrons. The van der Waals surface area contributed by atoms with Crippen LogP contribution in [0.15, 0.2) is 238 Å². The molecule has 0 N–H and O–H groups in total. The van der Waals surface area contributed by atoms with E-state index >= 15 is 24.0 Å². The largest absolute Gasteiger partial charge is 0.459 e. The minimum atomic E-state index is -3.14. The van der Waals surface area contributed by atoms with Crippen molar-refractivity contribution in [1.29, 1.82) is 10.5 Å². The number of hydrogen-bond acceptors (Lipinski definition) is 23. The number of carbonyl (C=O) groups is 10. The summed E-state index contributed by atoms with van der Waals surface area (Å²) in [6.45, 7) is -0.236. The Hall–Kier alpha value is -12.7. The van der Waals surface area contributed by atoms with Crippen molar-refractivity contribution in [2.75, 3.05) is 0 Å². The Morgan fingerprint density at radius 3 is 1.14 bits per heavy atom. The molecule has 22 nitrogen and oxygen atoms in total. The predicted molar refractivity (Wildman–Crippen MR) is 367 cm³/mol. The molecule has 0 fully saturated rings. The molecule has 4 aliphatic rings. The van der Waals surface area contributed by atoms with E-state index in [0.29, 0.717) is 47.5 Å². The zero-order chi connectivity index (χ0) is 70.7. The number of rotatable bonds is 18. The third-order valence-electron chi connectivity index (χ3n) is 16.9.